The number of hydrogen-bond donors (Lipinski definition) is 8. The van der Waals surface area contributed by atoms with E-state index in [1.54, 1.807) is 13.8 Å². The molecular weight excluding hydrogens is 360 g/mol. The maximum Gasteiger partial charge on any atom is 0.326 e. The largest absolute Gasteiger partial charge is 0.481 e. The lowest BCUT2D eigenvalue weighted by atomic mass is 10.0. The van der Waals surface area contributed by atoms with E-state index in [1.807, 2.05) is 0 Å². The molecule has 154 valence electrons. The van der Waals surface area contributed by atoms with Crippen LogP contribution in [0, 0.1) is 11.3 Å². The predicted octanol–water partition coefficient (Wildman–Crippen LogP) is -2.24. The molecule has 0 aromatic carbocycles. The summed E-state index contributed by atoms with van der Waals surface area (Å²) in [6, 6.07) is -3.62. The summed E-state index contributed by atoms with van der Waals surface area (Å²) in [5.41, 5.74) is 10.6. The van der Waals surface area contributed by atoms with Crippen molar-refractivity contribution in [2.24, 2.45) is 17.4 Å². The van der Waals surface area contributed by atoms with Crippen molar-refractivity contribution in [3.05, 3.63) is 0 Å². The van der Waals surface area contributed by atoms with Gasteiger partial charge in [0.1, 0.15) is 12.1 Å². The predicted molar refractivity (Wildman–Crippen MR) is 95.7 cm³/mol. The van der Waals surface area contributed by atoms with Gasteiger partial charge in [0.05, 0.1) is 12.5 Å². The Labute approximate surface area is 156 Å². The molecule has 0 aliphatic rings. The quantitative estimate of drug-likeness (QED) is 0.103. The van der Waals surface area contributed by atoms with E-state index in [-0.39, 0.29) is 18.9 Å². The van der Waals surface area contributed by atoms with Gasteiger partial charge in [0, 0.05) is 6.54 Å². The number of aliphatic carboxylic acids is 2. The molecule has 0 saturated carbocycles. The van der Waals surface area contributed by atoms with Gasteiger partial charge >= 0.3 is 11.9 Å². The molecule has 2 amide bonds. The van der Waals surface area contributed by atoms with Crippen molar-refractivity contribution in [2.45, 2.75) is 51.2 Å². The van der Waals surface area contributed by atoms with Crippen LogP contribution in [-0.4, -0.2) is 64.6 Å². The monoisotopic (exact) mass is 388 g/mol. The number of rotatable bonds is 12. The van der Waals surface area contributed by atoms with Crippen LogP contribution in [0.25, 0.3) is 0 Å². The molecular formula is C15H28N6O6. The number of amides is 2. The fourth-order valence-corrected chi connectivity index (χ4v) is 2.13. The van der Waals surface area contributed by atoms with Gasteiger partial charge in [-0.3, -0.25) is 19.8 Å². The van der Waals surface area contributed by atoms with Crippen molar-refractivity contribution in [1.29, 1.82) is 5.41 Å². The zero-order valence-electron chi connectivity index (χ0n) is 15.3. The molecule has 0 heterocycles. The minimum absolute atomic E-state index is 0.0993. The van der Waals surface area contributed by atoms with Crippen molar-refractivity contribution in [1.82, 2.24) is 16.0 Å². The minimum atomic E-state index is -1.35. The normalized spacial score (nSPS) is 13.9. The number of carboxylic acid groups (broad SMARTS) is 2. The summed E-state index contributed by atoms with van der Waals surface area (Å²) in [5.74, 6) is -4.70. The first-order chi connectivity index (χ1) is 12.5. The molecule has 0 aliphatic heterocycles. The van der Waals surface area contributed by atoms with E-state index in [2.05, 4.69) is 16.0 Å². The van der Waals surface area contributed by atoms with Crippen molar-refractivity contribution in [3.8, 4) is 0 Å². The maximum atomic E-state index is 12.4. The van der Waals surface area contributed by atoms with E-state index in [0.29, 0.717) is 6.42 Å². The van der Waals surface area contributed by atoms with Crippen LogP contribution in [-0.2, 0) is 19.2 Å². The summed E-state index contributed by atoms with van der Waals surface area (Å²) in [6.07, 6.45) is -0.191. The molecule has 10 N–H and O–H groups in total. The first kappa shape index (κ1) is 24.1. The zero-order valence-corrected chi connectivity index (χ0v) is 15.3. The van der Waals surface area contributed by atoms with Gasteiger partial charge in [-0.15, -0.1) is 0 Å². The molecule has 0 spiro atoms. The van der Waals surface area contributed by atoms with Gasteiger partial charge in [0.25, 0.3) is 0 Å². The lowest BCUT2D eigenvalue weighted by Gasteiger charge is -2.24. The summed E-state index contributed by atoms with van der Waals surface area (Å²) in [6.45, 7) is 3.49. The van der Waals surface area contributed by atoms with Crippen molar-refractivity contribution >= 4 is 29.7 Å². The molecule has 12 heteroatoms. The maximum absolute atomic E-state index is 12.4. The van der Waals surface area contributed by atoms with Crippen LogP contribution in [0.3, 0.4) is 0 Å². The average Bonchev–Trinajstić information content (AvgIpc) is 2.53. The van der Waals surface area contributed by atoms with Gasteiger partial charge in [-0.2, -0.15) is 0 Å². The lowest BCUT2D eigenvalue weighted by Crippen LogP contribution is -2.55. The van der Waals surface area contributed by atoms with Crippen LogP contribution in [0.4, 0.5) is 0 Å². The average molecular weight is 388 g/mol. The van der Waals surface area contributed by atoms with E-state index in [4.69, 9.17) is 22.0 Å². The molecule has 0 rings (SSSR count). The molecule has 0 unspecified atom stereocenters. The molecule has 0 radical (unpaired) electrons. The third-order valence-electron chi connectivity index (χ3n) is 3.58. The van der Waals surface area contributed by atoms with E-state index in [0.717, 1.165) is 0 Å². The molecule has 27 heavy (non-hydrogen) atoms. The van der Waals surface area contributed by atoms with E-state index in [9.17, 15) is 24.3 Å². The summed E-state index contributed by atoms with van der Waals surface area (Å²) < 4.78 is 0. The van der Waals surface area contributed by atoms with Crippen LogP contribution in [0.2, 0.25) is 0 Å². The molecule has 3 atom stereocenters. The highest BCUT2D eigenvalue weighted by Crippen LogP contribution is 2.05. The van der Waals surface area contributed by atoms with Crippen molar-refractivity contribution in [3.63, 3.8) is 0 Å². The van der Waals surface area contributed by atoms with E-state index in [1.165, 1.54) is 0 Å². The van der Waals surface area contributed by atoms with E-state index < -0.39 is 54.2 Å². The third kappa shape index (κ3) is 9.99. The van der Waals surface area contributed by atoms with Gasteiger partial charge < -0.3 is 37.6 Å². The van der Waals surface area contributed by atoms with Crippen LogP contribution in [0.1, 0.15) is 33.1 Å². The van der Waals surface area contributed by atoms with Crippen molar-refractivity contribution < 1.29 is 29.4 Å². The lowest BCUT2D eigenvalue weighted by molar-refractivity contribution is -0.144. The Morgan fingerprint density at radius 3 is 2.11 bits per heavy atom. The summed E-state index contributed by atoms with van der Waals surface area (Å²) in [5, 5.41) is 32.2. The number of nitrogens with one attached hydrogen (secondary N) is 4. The molecule has 0 aromatic heterocycles. The number of carbonyl (C=O) groups is 4. The Bertz CT molecular complexity index is 567. The van der Waals surface area contributed by atoms with Crippen LogP contribution in [0.15, 0.2) is 0 Å². The third-order valence-corrected chi connectivity index (χ3v) is 3.58. The second-order valence-corrected chi connectivity index (χ2v) is 6.32. The van der Waals surface area contributed by atoms with Gasteiger partial charge in [0.2, 0.25) is 11.8 Å². The molecule has 0 aliphatic carbocycles. The molecule has 12 nitrogen and oxygen atoms in total. The highest BCUT2D eigenvalue weighted by Gasteiger charge is 2.29. The fourth-order valence-electron chi connectivity index (χ4n) is 2.13. The number of carboxylic acids is 2. The Kier molecular flexibility index (Phi) is 10.4. The topological polar surface area (TPSA) is 221 Å². The first-order valence-electron chi connectivity index (χ1n) is 8.34. The van der Waals surface area contributed by atoms with Crippen LogP contribution < -0.4 is 27.4 Å². The molecule has 0 fully saturated rings. The highest BCUT2D eigenvalue weighted by molar-refractivity contribution is 5.92. The Morgan fingerprint density at radius 1 is 1.07 bits per heavy atom. The van der Waals surface area contributed by atoms with E-state index >= 15 is 0 Å². The zero-order chi connectivity index (χ0) is 21.1. The first-order valence-corrected chi connectivity index (χ1v) is 8.34. The summed E-state index contributed by atoms with van der Waals surface area (Å²) in [4.78, 5) is 46.4. The second kappa shape index (κ2) is 11.7. The van der Waals surface area contributed by atoms with Crippen LogP contribution in [0.5, 0.6) is 0 Å². The second-order valence-electron chi connectivity index (χ2n) is 6.32. The Morgan fingerprint density at radius 2 is 1.67 bits per heavy atom. The fraction of sp³-hybridized carbons (Fsp3) is 0.667. The molecule has 0 bridgehead atoms. The number of carbonyl (C=O) groups excluding carboxylic acids is 2. The van der Waals surface area contributed by atoms with Gasteiger partial charge in [-0.25, -0.2) is 4.79 Å². The van der Waals surface area contributed by atoms with Gasteiger partial charge in [-0.1, -0.05) is 13.8 Å². The summed E-state index contributed by atoms with van der Waals surface area (Å²) in [7, 11) is 0. The highest BCUT2D eigenvalue weighted by atomic mass is 16.4. The Hall–Kier alpha value is -2.89. The summed E-state index contributed by atoms with van der Waals surface area (Å²) >= 11 is 0. The molecule has 0 saturated heterocycles. The van der Waals surface area contributed by atoms with Crippen LogP contribution >= 0.6 is 0 Å². The SMILES string of the molecule is CC(C)[C@H](NC(=O)[C@H](CCCNC(=N)N)NC(=O)[C@@H](N)CC(=O)O)C(=O)O. The smallest absolute Gasteiger partial charge is 0.326 e. The van der Waals surface area contributed by atoms with Crippen molar-refractivity contribution in [2.75, 3.05) is 6.54 Å². The molecule has 0 aromatic rings. The standard InChI is InChI=1S/C15H28N6O6/c1-7(2)11(14(26)27)21-13(25)9(4-3-5-19-15(17)18)20-12(24)8(16)6-10(22)23/h7-9,11H,3-6,16H2,1-2H3,(H,20,24)(H,21,25)(H,22,23)(H,26,27)(H4,17,18,19)/t8-,9-,11-/m0/s1. The van der Waals surface area contributed by atoms with Gasteiger partial charge in [0.15, 0.2) is 5.96 Å². The van der Waals surface area contributed by atoms with Gasteiger partial charge in [-0.05, 0) is 18.8 Å². The minimum Gasteiger partial charge on any atom is -0.481 e. The Balaban J connectivity index is 5.06. The number of guanidine groups is 1. The number of nitrogens with two attached hydrogens (primary N) is 2. The number of hydrogen-bond acceptors (Lipinski definition) is 6.